The fourth-order valence-corrected chi connectivity index (χ4v) is 1.92. The average Bonchev–Trinajstić information content (AvgIpc) is 2.47. The maximum Gasteiger partial charge on any atom is 0.148 e. The SMILES string of the molecule is C#CCOc1ccccc1CNc1cc(F)ccc1Cl. The zero-order chi connectivity index (χ0) is 14.4. The molecule has 4 heteroatoms. The lowest BCUT2D eigenvalue weighted by Crippen LogP contribution is -2.04. The topological polar surface area (TPSA) is 21.3 Å². The van der Waals surface area contributed by atoms with Gasteiger partial charge in [-0.05, 0) is 24.3 Å². The van der Waals surface area contributed by atoms with Crippen molar-refractivity contribution < 1.29 is 9.13 Å². The van der Waals surface area contributed by atoms with Gasteiger partial charge in [0, 0.05) is 12.1 Å². The van der Waals surface area contributed by atoms with E-state index in [1.165, 1.54) is 18.2 Å². The van der Waals surface area contributed by atoms with E-state index in [1.54, 1.807) is 0 Å². The molecule has 0 radical (unpaired) electrons. The van der Waals surface area contributed by atoms with Gasteiger partial charge in [0.05, 0.1) is 10.7 Å². The van der Waals surface area contributed by atoms with E-state index in [-0.39, 0.29) is 12.4 Å². The molecule has 20 heavy (non-hydrogen) atoms. The predicted molar refractivity (Wildman–Crippen MR) is 79.5 cm³/mol. The van der Waals surface area contributed by atoms with Gasteiger partial charge >= 0.3 is 0 Å². The molecule has 102 valence electrons. The van der Waals surface area contributed by atoms with E-state index in [0.717, 1.165) is 5.56 Å². The van der Waals surface area contributed by atoms with Gasteiger partial charge in [0.1, 0.15) is 18.2 Å². The Morgan fingerprint density at radius 1 is 1.25 bits per heavy atom. The first-order valence-corrected chi connectivity index (χ1v) is 6.41. The lowest BCUT2D eigenvalue weighted by Gasteiger charge is -2.12. The Labute approximate surface area is 122 Å². The minimum absolute atomic E-state index is 0.206. The van der Waals surface area contributed by atoms with Gasteiger partial charge in [-0.1, -0.05) is 35.7 Å². The normalized spacial score (nSPS) is 9.85. The maximum atomic E-state index is 13.2. The monoisotopic (exact) mass is 289 g/mol. The number of terminal acetylenes is 1. The summed E-state index contributed by atoms with van der Waals surface area (Å²) in [6, 6.07) is 11.7. The molecule has 0 bridgehead atoms. The third kappa shape index (κ3) is 3.66. The fraction of sp³-hybridized carbons (Fsp3) is 0.125. The molecule has 0 saturated heterocycles. The molecule has 0 spiro atoms. The second kappa shape index (κ2) is 6.83. The summed E-state index contributed by atoms with van der Waals surface area (Å²) in [4.78, 5) is 0. The number of anilines is 1. The van der Waals surface area contributed by atoms with E-state index in [2.05, 4.69) is 11.2 Å². The molecule has 0 atom stereocenters. The van der Waals surface area contributed by atoms with Crippen molar-refractivity contribution >= 4 is 17.3 Å². The highest BCUT2D eigenvalue weighted by Crippen LogP contribution is 2.25. The first kappa shape index (κ1) is 14.2. The molecule has 1 N–H and O–H groups in total. The molecule has 0 aliphatic heterocycles. The molecule has 0 aromatic heterocycles. The lowest BCUT2D eigenvalue weighted by atomic mass is 10.2. The summed E-state index contributed by atoms with van der Waals surface area (Å²) >= 11 is 6.00. The molecule has 0 amide bonds. The van der Waals surface area contributed by atoms with Crippen LogP contribution in [0.4, 0.5) is 10.1 Å². The number of para-hydroxylation sites is 1. The number of rotatable bonds is 5. The number of hydrogen-bond acceptors (Lipinski definition) is 2. The van der Waals surface area contributed by atoms with Crippen LogP contribution in [0.3, 0.4) is 0 Å². The van der Waals surface area contributed by atoms with Crippen molar-refractivity contribution in [1.82, 2.24) is 0 Å². The highest BCUT2D eigenvalue weighted by atomic mass is 35.5. The Bertz CT molecular complexity index is 637. The van der Waals surface area contributed by atoms with Gasteiger partial charge in [0.15, 0.2) is 0 Å². The van der Waals surface area contributed by atoms with Gasteiger partial charge in [-0.15, -0.1) is 6.42 Å². The quantitative estimate of drug-likeness (QED) is 0.837. The van der Waals surface area contributed by atoms with Crippen LogP contribution in [0, 0.1) is 18.2 Å². The predicted octanol–water partition coefficient (Wildman–Crippen LogP) is 4.10. The summed E-state index contributed by atoms with van der Waals surface area (Å²) < 4.78 is 18.6. The first-order valence-electron chi connectivity index (χ1n) is 6.04. The molecule has 2 aromatic carbocycles. The minimum Gasteiger partial charge on any atom is -0.481 e. The molecule has 0 aliphatic carbocycles. The summed E-state index contributed by atoms with van der Waals surface area (Å²) in [6.45, 7) is 0.668. The van der Waals surface area contributed by atoms with Crippen LogP contribution in [0.15, 0.2) is 42.5 Å². The first-order chi connectivity index (χ1) is 9.70. The Morgan fingerprint density at radius 3 is 2.85 bits per heavy atom. The van der Waals surface area contributed by atoms with Crippen molar-refractivity contribution in [3.8, 4) is 18.1 Å². The number of halogens is 2. The fourth-order valence-electron chi connectivity index (χ4n) is 1.73. The Hall–Kier alpha value is -2.18. The molecule has 0 unspecified atom stereocenters. The molecular formula is C16H13ClFNO. The molecule has 2 aromatic rings. The van der Waals surface area contributed by atoms with Crippen molar-refractivity contribution in [2.24, 2.45) is 0 Å². The van der Waals surface area contributed by atoms with Crippen molar-refractivity contribution in [2.75, 3.05) is 11.9 Å². The molecule has 2 nitrogen and oxygen atoms in total. The number of benzene rings is 2. The van der Waals surface area contributed by atoms with Crippen molar-refractivity contribution in [3.05, 3.63) is 58.9 Å². The van der Waals surface area contributed by atoms with Gasteiger partial charge in [-0.25, -0.2) is 4.39 Å². The Kier molecular flexibility index (Phi) is 4.86. The number of ether oxygens (including phenoxy) is 1. The molecule has 0 saturated carbocycles. The standard InChI is InChI=1S/C16H13ClFNO/c1-2-9-20-16-6-4-3-5-12(16)11-19-15-10-13(18)7-8-14(15)17/h1,3-8,10,19H,9,11H2. The van der Waals surface area contributed by atoms with E-state index in [9.17, 15) is 4.39 Å². The highest BCUT2D eigenvalue weighted by Gasteiger charge is 2.05. The van der Waals surface area contributed by atoms with Crippen LogP contribution in [-0.4, -0.2) is 6.61 Å². The van der Waals surface area contributed by atoms with Gasteiger partial charge in [-0.2, -0.15) is 0 Å². The van der Waals surface area contributed by atoms with E-state index >= 15 is 0 Å². The van der Waals surface area contributed by atoms with Crippen LogP contribution in [0.5, 0.6) is 5.75 Å². The van der Waals surface area contributed by atoms with Crippen LogP contribution in [0.2, 0.25) is 5.02 Å². The van der Waals surface area contributed by atoms with Crippen molar-refractivity contribution in [2.45, 2.75) is 6.54 Å². The van der Waals surface area contributed by atoms with Crippen LogP contribution in [0.1, 0.15) is 5.56 Å². The van der Waals surface area contributed by atoms with Crippen LogP contribution < -0.4 is 10.1 Å². The highest BCUT2D eigenvalue weighted by molar-refractivity contribution is 6.33. The summed E-state index contributed by atoms with van der Waals surface area (Å²) in [6.07, 6.45) is 5.18. The lowest BCUT2D eigenvalue weighted by molar-refractivity contribution is 0.366. The van der Waals surface area contributed by atoms with E-state index < -0.39 is 0 Å². The van der Waals surface area contributed by atoms with E-state index in [0.29, 0.717) is 23.0 Å². The molecule has 0 aliphatic rings. The van der Waals surface area contributed by atoms with Crippen LogP contribution in [-0.2, 0) is 6.54 Å². The Morgan fingerprint density at radius 2 is 2.05 bits per heavy atom. The number of hydrogen-bond donors (Lipinski definition) is 1. The average molecular weight is 290 g/mol. The van der Waals surface area contributed by atoms with Crippen LogP contribution in [0.25, 0.3) is 0 Å². The maximum absolute atomic E-state index is 13.2. The smallest absolute Gasteiger partial charge is 0.148 e. The van der Waals surface area contributed by atoms with E-state index in [1.807, 2.05) is 24.3 Å². The van der Waals surface area contributed by atoms with Crippen molar-refractivity contribution in [1.29, 1.82) is 0 Å². The zero-order valence-corrected chi connectivity index (χ0v) is 11.5. The van der Waals surface area contributed by atoms with E-state index in [4.69, 9.17) is 22.8 Å². The molecule has 0 heterocycles. The third-order valence-electron chi connectivity index (χ3n) is 2.68. The second-order valence-electron chi connectivity index (χ2n) is 4.08. The van der Waals surface area contributed by atoms with Gasteiger partial charge in [-0.3, -0.25) is 0 Å². The molecule has 2 rings (SSSR count). The van der Waals surface area contributed by atoms with Crippen LogP contribution >= 0.6 is 11.6 Å². The molecule has 0 fully saturated rings. The second-order valence-corrected chi connectivity index (χ2v) is 4.49. The largest absolute Gasteiger partial charge is 0.481 e. The Balaban J connectivity index is 2.11. The number of nitrogens with one attached hydrogen (secondary N) is 1. The van der Waals surface area contributed by atoms with Crippen molar-refractivity contribution in [3.63, 3.8) is 0 Å². The van der Waals surface area contributed by atoms with Gasteiger partial charge in [0.2, 0.25) is 0 Å². The zero-order valence-electron chi connectivity index (χ0n) is 10.7. The minimum atomic E-state index is -0.339. The van der Waals surface area contributed by atoms with Gasteiger partial charge in [0.25, 0.3) is 0 Å². The summed E-state index contributed by atoms with van der Waals surface area (Å²) in [5.41, 5.74) is 1.46. The summed E-state index contributed by atoms with van der Waals surface area (Å²) in [5.74, 6) is 2.78. The summed E-state index contributed by atoms with van der Waals surface area (Å²) in [7, 11) is 0. The van der Waals surface area contributed by atoms with Gasteiger partial charge < -0.3 is 10.1 Å². The summed E-state index contributed by atoms with van der Waals surface area (Å²) in [5, 5.41) is 3.55. The molecular weight excluding hydrogens is 277 g/mol. The third-order valence-corrected chi connectivity index (χ3v) is 3.01.